The minimum absolute atomic E-state index is 0.0292. The highest BCUT2D eigenvalue weighted by molar-refractivity contribution is 5.76. The molecule has 2 N–H and O–H groups in total. The lowest BCUT2D eigenvalue weighted by atomic mass is 10.1. The maximum absolute atomic E-state index is 12.3. The third-order valence-corrected chi connectivity index (χ3v) is 2.92. The Morgan fingerprint density at radius 1 is 1.13 bits per heavy atom. The molecule has 130 valence electrons. The van der Waals surface area contributed by atoms with Gasteiger partial charge in [0.05, 0.1) is 0 Å². The van der Waals surface area contributed by atoms with Gasteiger partial charge in [0.2, 0.25) is 5.91 Å². The first-order chi connectivity index (χ1) is 10.6. The zero-order valence-corrected chi connectivity index (χ0v) is 13.6. The second-order valence-electron chi connectivity index (χ2n) is 6.18. The molecule has 1 aromatic carbocycles. The molecule has 0 aromatic heterocycles. The number of amides is 1. The molecule has 7 heteroatoms. The molecule has 23 heavy (non-hydrogen) atoms. The van der Waals surface area contributed by atoms with Crippen molar-refractivity contribution in [2.45, 2.75) is 45.5 Å². The lowest BCUT2D eigenvalue weighted by Gasteiger charge is -2.20. The van der Waals surface area contributed by atoms with Crippen molar-refractivity contribution in [1.82, 2.24) is 10.6 Å². The van der Waals surface area contributed by atoms with Gasteiger partial charge in [-0.05, 0) is 38.8 Å². The Kier molecular flexibility index (Phi) is 6.87. The first-order valence-corrected chi connectivity index (χ1v) is 7.42. The Morgan fingerprint density at radius 2 is 1.78 bits per heavy atom. The van der Waals surface area contributed by atoms with Gasteiger partial charge in [-0.2, -0.15) is 0 Å². The van der Waals surface area contributed by atoms with E-state index in [9.17, 15) is 18.0 Å². The molecule has 0 fully saturated rings. The quantitative estimate of drug-likeness (QED) is 0.755. The summed E-state index contributed by atoms with van der Waals surface area (Å²) >= 11 is 0. The minimum atomic E-state index is -4.74. The molecule has 1 aromatic rings. The van der Waals surface area contributed by atoms with Gasteiger partial charge in [0.25, 0.3) is 0 Å². The van der Waals surface area contributed by atoms with Crippen molar-refractivity contribution in [3.63, 3.8) is 0 Å². The summed E-state index contributed by atoms with van der Waals surface area (Å²) < 4.78 is 40.9. The number of carbonyl (C=O) groups excluding carboxylic acids is 1. The molecule has 0 aliphatic carbocycles. The molecular formula is C16H23F3N2O2. The third-order valence-electron chi connectivity index (χ3n) is 2.92. The predicted octanol–water partition coefficient (Wildman–Crippen LogP) is 3.02. The smallest absolute Gasteiger partial charge is 0.406 e. The van der Waals surface area contributed by atoms with E-state index in [1.807, 2.05) is 20.8 Å². The number of rotatable bonds is 7. The van der Waals surface area contributed by atoms with Gasteiger partial charge in [-0.1, -0.05) is 18.2 Å². The average molecular weight is 332 g/mol. The minimum Gasteiger partial charge on any atom is -0.406 e. The van der Waals surface area contributed by atoms with Crippen molar-refractivity contribution in [3.8, 4) is 5.75 Å². The second-order valence-corrected chi connectivity index (χ2v) is 6.18. The summed E-state index contributed by atoms with van der Waals surface area (Å²) in [6.45, 7) is 7.16. The van der Waals surface area contributed by atoms with E-state index in [0.717, 1.165) is 0 Å². The number of alkyl halides is 3. The van der Waals surface area contributed by atoms with Gasteiger partial charge in [-0.25, -0.2) is 0 Å². The van der Waals surface area contributed by atoms with Crippen LogP contribution in [-0.4, -0.2) is 30.9 Å². The van der Waals surface area contributed by atoms with E-state index in [-0.39, 0.29) is 30.0 Å². The number of halogens is 3. The van der Waals surface area contributed by atoms with Crippen molar-refractivity contribution < 1.29 is 22.7 Å². The Hall–Kier alpha value is -1.76. The van der Waals surface area contributed by atoms with Gasteiger partial charge < -0.3 is 15.4 Å². The van der Waals surface area contributed by atoms with E-state index in [0.29, 0.717) is 18.7 Å². The zero-order valence-electron chi connectivity index (χ0n) is 13.6. The van der Waals surface area contributed by atoms with E-state index in [1.165, 1.54) is 18.2 Å². The lowest BCUT2D eigenvalue weighted by molar-refractivity contribution is -0.274. The summed E-state index contributed by atoms with van der Waals surface area (Å²) in [6.07, 6.45) is -4.45. The van der Waals surface area contributed by atoms with Crippen molar-refractivity contribution in [1.29, 1.82) is 0 Å². The van der Waals surface area contributed by atoms with Gasteiger partial charge in [-0.15, -0.1) is 13.2 Å². The van der Waals surface area contributed by atoms with Crippen molar-refractivity contribution in [3.05, 3.63) is 29.8 Å². The van der Waals surface area contributed by atoms with E-state index < -0.39 is 6.36 Å². The van der Waals surface area contributed by atoms with E-state index in [1.54, 1.807) is 6.07 Å². The number of benzene rings is 1. The highest BCUT2D eigenvalue weighted by Crippen LogP contribution is 2.26. The molecule has 0 aliphatic heterocycles. The Balaban J connectivity index is 2.41. The van der Waals surface area contributed by atoms with E-state index in [4.69, 9.17) is 0 Å². The molecule has 0 unspecified atom stereocenters. The van der Waals surface area contributed by atoms with Gasteiger partial charge in [-0.3, -0.25) is 4.79 Å². The molecule has 1 amide bonds. The van der Waals surface area contributed by atoms with Crippen LogP contribution in [0, 0.1) is 0 Å². The van der Waals surface area contributed by atoms with Crippen LogP contribution < -0.4 is 15.4 Å². The van der Waals surface area contributed by atoms with E-state index >= 15 is 0 Å². The summed E-state index contributed by atoms with van der Waals surface area (Å²) in [4.78, 5) is 11.7. The molecule has 0 spiro atoms. The monoisotopic (exact) mass is 332 g/mol. The molecule has 0 saturated carbocycles. The van der Waals surface area contributed by atoms with Gasteiger partial charge in [0.15, 0.2) is 0 Å². The summed E-state index contributed by atoms with van der Waals surface area (Å²) in [7, 11) is 0. The fourth-order valence-corrected chi connectivity index (χ4v) is 1.91. The van der Waals surface area contributed by atoms with Crippen LogP contribution in [0.1, 0.15) is 32.8 Å². The van der Waals surface area contributed by atoms with Crippen LogP contribution in [0.25, 0.3) is 0 Å². The normalized spacial score (nSPS) is 12.1. The summed E-state index contributed by atoms with van der Waals surface area (Å²) in [5.41, 5.74) is 0.325. The van der Waals surface area contributed by atoms with Crippen molar-refractivity contribution in [2.75, 3.05) is 13.1 Å². The number of ether oxygens (including phenoxy) is 1. The van der Waals surface area contributed by atoms with Crippen LogP contribution in [0.15, 0.2) is 24.3 Å². The first kappa shape index (κ1) is 19.3. The van der Waals surface area contributed by atoms with Gasteiger partial charge in [0, 0.05) is 25.0 Å². The average Bonchev–Trinajstić information content (AvgIpc) is 2.40. The largest absolute Gasteiger partial charge is 0.573 e. The standard InChI is InChI=1S/C16H23F3N2O2/c1-15(2,3)21-11-10-20-14(22)9-8-12-6-4-5-7-13(12)23-16(17,18)19/h4-7,21H,8-11H2,1-3H3,(H,20,22). The molecule has 0 radical (unpaired) electrons. The molecule has 0 bridgehead atoms. The highest BCUT2D eigenvalue weighted by atomic mass is 19.4. The second kappa shape index (κ2) is 8.19. The maximum Gasteiger partial charge on any atom is 0.573 e. The fraction of sp³-hybridized carbons (Fsp3) is 0.562. The molecule has 1 rings (SSSR count). The van der Waals surface area contributed by atoms with Crippen LogP contribution in [0.4, 0.5) is 13.2 Å². The Morgan fingerprint density at radius 3 is 2.39 bits per heavy atom. The SMILES string of the molecule is CC(C)(C)NCCNC(=O)CCc1ccccc1OC(F)(F)F. The molecule has 0 atom stereocenters. The van der Waals surface area contributed by atoms with Crippen LogP contribution >= 0.6 is 0 Å². The number of para-hydroxylation sites is 1. The van der Waals surface area contributed by atoms with Crippen LogP contribution in [0.2, 0.25) is 0 Å². The van der Waals surface area contributed by atoms with Gasteiger partial charge in [0.1, 0.15) is 5.75 Å². The topological polar surface area (TPSA) is 50.4 Å². The number of carbonyl (C=O) groups is 1. The molecule has 0 aliphatic rings. The number of aryl methyl sites for hydroxylation is 1. The Bertz CT molecular complexity index is 511. The molecule has 4 nitrogen and oxygen atoms in total. The predicted molar refractivity (Wildman–Crippen MR) is 82.2 cm³/mol. The van der Waals surface area contributed by atoms with Crippen molar-refractivity contribution in [2.24, 2.45) is 0 Å². The molecular weight excluding hydrogens is 309 g/mol. The van der Waals surface area contributed by atoms with Crippen LogP contribution in [0.3, 0.4) is 0 Å². The summed E-state index contributed by atoms with van der Waals surface area (Å²) in [6, 6.07) is 5.84. The fourth-order valence-electron chi connectivity index (χ4n) is 1.91. The summed E-state index contributed by atoms with van der Waals surface area (Å²) in [5.74, 6) is -0.468. The zero-order chi connectivity index (χ0) is 17.5. The van der Waals surface area contributed by atoms with Crippen molar-refractivity contribution >= 4 is 5.91 Å². The lowest BCUT2D eigenvalue weighted by Crippen LogP contribution is -2.41. The third kappa shape index (κ3) is 9.07. The molecule has 0 saturated heterocycles. The number of hydrogen-bond acceptors (Lipinski definition) is 3. The van der Waals surface area contributed by atoms with Gasteiger partial charge >= 0.3 is 6.36 Å². The Labute approximate surface area is 134 Å². The number of hydrogen-bond donors (Lipinski definition) is 2. The van der Waals surface area contributed by atoms with Crippen LogP contribution in [-0.2, 0) is 11.2 Å². The highest BCUT2D eigenvalue weighted by Gasteiger charge is 2.31. The first-order valence-electron chi connectivity index (χ1n) is 7.42. The van der Waals surface area contributed by atoms with Crippen LogP contribution in [0.5, 0.6) is 5.75 Å². The summed E-state index contributed by atoms with van der Waals surface area (Å²) in [5, 5.41) is 5.95. The number of nitrogens with one attached hydrogen (secondary N) is 2. The molecule has 0 heterocycles. The van der Waals surface area contributed by atoms with E-state index in [2.05, 4.69) is 15.4 Å². The maximum atomic E-state index is 12.3.